The zero-order chi connectivity index (χ0) is 8.55. The Hall–Kier alpha value is -0.960. The van der Waals surface area contributed by atoms with Crippen LogP contribution in [0.25, 0.3) is 10.2 Å². The van der Waals surface area contributed by atoms with Crippen molar-refractivity contribution in [1.29, 1.82) is 0 Å². The van der Waals surface area contributed by atoms with Gasteiger partial charge in [-0.25, -0.2) is 4.98 Å². The highest BCUT2D eigenvalue weighted by Crippen LogP contribution is 2.25. The number of nitrogens with zero attached hydrogens (tertiary/aromatic N) is 2. The Kier molecular flexibility index (Phi) is 1.81. The molecule has 0 saturated heterocycles. The summed E-state index contributed by atoms with van der Waals surface area (Å²) >= 11 is 1.75. The van der Waals surface area contributed by atoms with E-state index in [2.05, 4.69) is 23.8 Å². The molecule has 0 fully saturated rings. The van der Waals surface area contributed by atoms with E-state index in [4.69, 9.17) is 0 Å². The van der Waals surface area contributed by atoms with Crippen LogP contribution in [0.15, 0.2) is 18.5 Å². The SMILES string of the molecule is CC(C)c1nc2cnccc2s1. The molecule has 0 radical (unpaired) electrons. The predicted molar refractivity (Wildman–Crippen MR) is 51.5 cm³/mol. The molecule has 0 aromatic carbocycles. The van der Waals surface area contributed by atoms with Crippen LogP contribution in [0.5, 0.6) is 0 Å². The number of aromatic nitrogens is 2. The summed E-state index contributed by atoms with van der Waals surface area (Å²) in [7, 11) is 0. The number of thiazole rings is 1. The van der Waals surface area contributed by atoms with Gasteiger partial charge in [0.15, 0.2) is 0 Å². The lowest BCUT2D eigenvalue weighted by atomic mass is 10.2. The van der Waals surface area contributed by atoms with E-state index in [1.807, 2.05) is 18.5 Å². The van der Waals surface area contributed by atoms with E-state index in [1.54, 1.807) is 11.3 Å². The third-order valence-electron chi connectivity index (χ3n) is 1.70. The van der Waals surface area contributed by atoms with Crippen molar-refractivity contribution in [3.8, 4) is 0 Å². The van der Waals surface area contributed by atoms with Gasteiger partial charge in [0.25, 0.3) is 0 Å². The van der Waals surface area contributed by atoms with Crippen LogP contribution in [-0.2, 0) is 0 Å². The van der Waals surface area contributed by atoms with E-state index in [1.165, 1.54) is 9.71 Å². The van der Waals surface area contributed by atoms with Crippen molar-refractivity contribution in [2.75, 3.05) is 0 Å². The maximum atomic E-state index is 4.47. The number of pyridine rings is 1. The van der Waals surface area contributed by atoms with Gasteiger partial charge in [0.05, 0.1) is 21.4 Å². The van der Waals surface area contributed by atoms with Gasteiger partial charge in [-0.15, -0.1) is 11.3 Å². The first-order chi connectivity index (χ1) is 5.77. The topological polar surface area (TPSA) is 25.8 Å². The molecular formula is C9H10N2S. The van der Waals surface area contributed by atoms with Gasteiger partial charge in [-0.1, -0.05) is 13.8 Å². The molecule has 0 aliphatic rings. The molecule has 2 heterocycles. The van der Waals surface area contributed by atoms with Gasteiger partial charge in [-0.2, -0.15) is 0 Å². The fourth-order valence-corrected chi connectivity index (χ4v) is 1.98. The van der Waals surface area contributed by atoms with Gasteiger partial charge in [-0.3, -0.25) is 4.98 Å². The lowest BCUT2D eigenvalue weighted by molar-refractivity contribution is 0.856. The fraction of sp³-hybridized carbons (Fsp3) is 0.333. The van der Waals surface area contributed by atoms with Crippen molar-refractivity contribution in [3.63, 3.8) is 0 Å². The summed E-state index contributed by atoms with van der Waals surface area (Å²) < 4.78 is 1.23. The van der Waals surface area contributed by atoms with Gasteiger partial charge in [0, 0.05) is 12.1 Å². The molecular weight excluding hydrogens is 168 g/mol. The van der Waals surface area contributed by atoms with Crippen molar-refractivity contribution in [2.45, 2.75) is 19.8 Å². The third kappa shape index (κ3) is 1.20. The molecule has 0 aliphatic carbocycles. The summed E-state index contributed by atoms with van der Waals surface area (Å²) in [6.07, 6.45) is 3.63. The van der Waals surface area contributed by atoms with Crippen LogP contribution in [0, 0.1) is 0 Å². The molecule has 2 nitrogen and oxygen atoms in total. The van der Waals surface area contributed by atoms with Gasteiger partial charge in [-0.05, 0) is 6.07 Å². The average molecular weight is 178 g/mol. The highest BCUT2D eigenvalue weighted by Gasteiger charge is 2.05. The Morgan fingerprint density at radius 2 is 2.25 bits per heavy atom. The largest absolute Gasteiger partial charge is 0.262 e. The molecule has 62 valence electrons. The third-order valence-corrected chi connectivity index (χ3v) is 3.04. The van der Waals surface area contributed by atoms with Gasteiger partial charge in [0.2, 0.25) is 0 Å². The van der Waals surface area contributed by atoms with Gasteiger partial charge in [0.1, 0.15) is 0 Å². The molecule has 0 spiro atoms. The van der Waals surface area contributed by atoms with E-state index >= 15 is 0 Å². The highest BCUT2D eigenvalue weighted by molar-refractivity contribution is 7.18. The van der Waals surface area contributed by atoms with E-state index in [0.29, 0.717) is 5.92 Å². The van der Waals surface area contributed by atoms with Gasteiger partial charge >= 0.3 is 0 Å². The van der Waals surface area contributed by atoms with E-state index < -0.39 is 0 Å². The van der Waals surface area contributed by atoms with Crippen LogP contribution in [0.2, 0.25) is 0 Å². The predicted octanol–water partition coefficient (Wildman–Crippen LogP) is 2.81. The van der Waals surface area contributed by atoms with Crippen LogP contribution in [-0.4, -0.2) is 9.97 Å². The molecule has 3 heteroatoms. The van der Waals surface area contributed by atoms with Crippen LogP contribution in [0.3, 0.4) is 0 Å². The Bertz CT molecular complexity index is 359. The Balaban J connectivity index is 2.62. The first-order valence-electron chi connectivity index (χ1n) is 3.98. The van der Waals surface area contributed by atoms with Crippen molar-refractivity contribution < 1.29 is 0 Å². The summed E-state index contributed by atoms with van der Waals surface area (Å²) in [5, 5.41) is 1.19. The second-order valence-electron chi connectivity index (χ2n) is 3.05. The minimum Gasteiger partial charge on any atom is -0.262 e. The lowest BCUT2D eigenvalue weighted by Gasteiger charge is -1.94. The quantitative estimate of drug-likeness (QED) is 0.671. The normalized spacial score (nSPS) is 11.2. The molecule has 0 atom stereocenters. The van der Waals surface area contributed by atoms with Gasteiger partial charge < -0.3 is 0 Å². The molecule has 2 rings (SSSR count). The highest BCUT2D eigenvalue weighted by atomic mass is 32.1. The molecule has 2 aromatic rings. The number of rotatable bonds is 1. The summed E-state index contributed by atoms with van der Waals surface area (Å²) in [6, 6.07) is 2.01. The second-order valence-corrected chi connectivity index (χ2v) is 4.11. The Labute approximate surface area is 75.3 Å². The average Bonchev–Trinajstić information content (AvgIpc) is 2.46. The second kappa shape index (κ2) is 2.83. The zero-order valence-corrected chi connectivity index (χ0v) is 7.93. The van der Waals surface area contributed by atoms with Crippen molar-refractivity contribution in [2.24, 2.45) is 0 Å². The van der Waals surface area contributed by atoms with Crippen molar-refractivity contribution in [1.82, 2.24) is 9.97 Å². The standard InChI is InChI=1S/C9H10N2S/c1-6(2)9-11-7-5-10-4-3-8(7)12-9/h3-6H,1-2H3. The summed E-state index contributed by atoms with van der Waals surface area (Å²) in [4.78, 5) is 8.50. The van der Waals surface area contributed by atoms with Crippen molar-refractivity contribution in [3.05, 3.63) is 23.5 Å². The van der Waals surface area contributed by atoms with Crippen LogP contribution in [0.4, 0.5) is 0 Å². The summed E-state index contributed by atoms with van der Waals surface area (Å²) in [5.41, 5.74) is 1.02. The molecule has 0 unspecified atom stereocenters. The minimum absolute atomic E-state index is 0.516. The van der Waals surface area contributed by atoms with E-state index in [9.17, 15) is 0 Å². The number of hydrogen-bond acceptors (Lipinski definition) is 3. The number of hydrogen-bond donors (Lipinski definition) is 0. The summed E-state index contributed by atoms with van der Waals surface area (Å²) in [6.45, 7) is 4.32. The lowest BCUT2D eigenvalue weighted by Crippen LogP contribution is -1.82. The first-order valence-corrected chi connectivity index (χ1v) is 4.79. The van der Waals surface area contributed by atoms with Crippen molar-refractivity contribution >= 4 is 21.6 Å². The molecule has 12 heavy (non-hydrogen) atoms. The molecule has 0 saturated carbocycles. The molecule has 0 bridgehead atoms. The smallest absolute Gasteiger partial charge is 0.0998 e. The molecule has 0 amide bonds. The summed E-state index contributed by atoms with van der Waals surface area (Å²) in [5.74, 6) is 0.516. The van der Waals surface area contributed by atoms with Crippen LogP contribution in [0.1, 0.15) is 24.8 Å². The van der Waals surface area contributed by atoms with E-state index in [-0.39, 0.29) is 0 Å². The zero-order valence-electron chi connectivity index (χ0n) is 7.11. The number of fused-ring (bicyclic) bond motifs is 1. The molecule has 0 aliphatic heterocycles. The monoisotopic (exact) mass is 178 g/mol. The maximum Gasteiger partial charge on any atom is 0.0998 e. The fourth-order valence-electron chi connectivity index (χ4n) is 1.04. The minimum atomic E-state index is 0.516. The van der Waals surface area contributed by atoms with Crippen LogP contribution >= 0.6 is 11.3 Å². The van der Waals surface area contributed by atoms with E-state index in [0.717, 1.165) is 5.52 Å². The Morgan fingerprint density at radius 3 is 2.92 bits per heavy atom. The van der Waals surface area contributed by atoms with Crippen LogP contribution < -0.4 is 0 Å². The molecule has 2 aromatic heterocycles. The molecule has 0 N–H and O–H groups in total. The first kappa shape index (κ1) is 7.68. The maximum absolute atomic E-state index is 4.47. The Morgan fingerprint density at radius 1 is 1.42 bits per heavy atom.